The first-order valence-corrected chi connectivity index (χ1v) is 6.81. The van der Waals surface area contributed by atoms with Crippen LogP contribution in [0.1, 0.15) is 19.4 Å². The van der Waals surface area contributed by atoms with E-state index in [2.05, 4.69) is 5.32 Å². The van der Waals surface area contributed by atoms with Gasteiger partial charge >= 0.3 is 0 Å². The minimum atomic E-state index is -2.14. The number of hydrogen-bond donors (Lipinski definition) is 2. The van der Waals surface area contributed by atoms with Gasteiger partial charge in [-0.15, -0.1) is 0 Å². The lowest BCUT2D eigenvalue weighted by molar-refractivity contribution is 0.297. The molecule has 0 heterocycles. The Kier molecular flexibility index (Phi) is 5.37. The summed E-state index contributed by atoms with van der Waals surface area (Å²) in [5.74, 6) is -0.736. The molecule has 2 unspecified atom stereocenters. The first-order valence-electron chi connectivity index (χ1n) is 5.54. The summed E-state index contributed by atoms with van der Waals surface area (Å²) in [6.45, 7) is 3.64. The summed E-state index contributed by atoms with van der Waals surface area (Å²) >= 11 is -2.14. The van der Waals surface area contributed by atoms with E-state index in [1.165, 1.54) is 12.1 Å². The fraction of sp³-hybridized carbons (Fsp3) is 0.500. The van der Waals surface area contributed by atoms with Crippen LogP contribution in [0, 0.1) is 5.82 Å². The number of nitrogens with one attached hydrogen (secondary N) is 1. The molecule has 1 aromatic carbocycles. The largest absolute Gasteiger partial charge is 0.306 e. The maximum absolute atomic E-state index is 13.3. The van der Waals surface area contributed by atoms with Crippen LogP contribution in [-0.2, 0) is 16.6 Å². The molecule has 3 nitrogen and oxygen atoms in total. The van der Waals surface area contributed by atoms with Crippen LogP contribution in [0.4, 0.5) is 8.78 Å². The van der Waals surface area contributed by atoms with Crippen LogP contribution < -0.4 is 5.32 Å². The highest BCUT2D eigenvalue weighted by Gasteiger charge is 2.22. The molecule has 0 aliphatic heterocycles. The van der Waals surface area contributed by atoms with E-state index in [9.17, 15) is 13.0 Å². The molecule has 2 atom stereocenters. The van der Waals surface area contributed by atoms with E-state index in [4.69, 9.17) is 4.55 Å². The molecule has 0 bridgehead atoms. The van der Waals surface area contributed by atoms with Gasteiger partial charge in [-0.05, 0) is 31.5 Å². The molecule has 0 aliphatic carbocycles. The van der Waals surface area contributed by atoms with Crippen molar-refractivity contribution < 1.29 is 17.5 Å². The highest BCUT2D eigenvalue weighted by Crippen LogP contribution is 2.20. The molecule has 0 amide bonds. The SMILES string of the molecule is CC(C)(NCC(F)CS(=O)O)c1ccc(F)cc1. The van der Waals surface area contributed by atoms with Crippen LogP contribution in [0.25, 0.3) is 0 Å². The molecule has 2 N–H and O–H groups in total. The molecule has 18 heavy (non-hydrogen) atoms. The molecule has 0 saturated carbocycles. The van der Waals surface area contributed by atoms with Crippen molar-refractivity contribution in [3.63, 3.8) is 0 Å². The topological polar surface area (TPSA) is 49.3 Å². The molecule has 6 heteroatoms. The van der Waals surface area contributed by atoms with Gasteiger partial charge < -0.3 is 9.87 Å². The molecule has 102 valence electrons. The fourth-order valence-electron chi connectivity index (χ4n) is 1.55. The maximum atomic E-state index is 13.3. The monoisotopic (exact) mass is 277 g/mol. The first-order chi connectivity index (χ1) is 8.31. The maximum Gasteiger partial charge on any atom is 0.155 e. The number of alkyl halides is 1. The van der Waals surface area contributed by atoms with Gasteiger partial charge in [0, 0.05) is 12.1 Å². The Labute approximate surface area is 108 Å². The Balaban J connectivity index is 2.59. The van der Waals surface area contributed by atoms with E-state index in [1.54, 1.807) is 12.1 Å². The van der Waals surface area contributed by atoms with Crippen molar-refractivity contribution in [2.45, 2.75) is 25.6 Å². The fourth-order valence-corrected chi connectivity index (χ4v) is 1.98. The zero-order valence-electron chi connectivity index (χ0n) is 10.3. The van der Waals surface area contributed by atoms with Crippen molar-refractivity contribution in [3.8, 4) is 0 Å². The zero-order valence-corrected chi connectivity index (χ0v) is 11.1. The third kappa shape index (κ3) is 4.80. The average molecular weight is 277 g/mol. The van der Waals surface area contributed by atoms with E-state index in [-0.39, 0.29) is 12.4 Å². The van der Waals surface area contributed by atoms with Gasteiger partial charge in [0.1, 0.15) is 12.0 Å². The average Bonchev–Trinajstić information content (AvgIpc) is 2.26. The minimum absolute atomic E-state index is 0.0311. The lowest BCUT2D eigenvalue weighted by Crippen LogP contribution is -2.41. The van der Waals surface area contributed by atoms with Crippen molar-refractivity contribution >= 4 is 11.1 Å². The highest BCUT2D eigenvalue weighted by atomic mass is 32.2. The Morgan fingerprint density at radius 1 is 1.39 bits per heavy atom. The van der Waals surface area contributed by atoms with Crippen LogP contribution in [-0.4, -0.2) is 27.2 Å². The van der Waals surface area contributed by atoms with E-state index < -0.39 is 28.5 Å². The van der Waals surface area contributed by atoms with Crippen LogP contribution in [0.3, 0.4) is 0 Å². The van der Waals surface area contributed by atoms with Gasteiger partial charge in [-0.3, -0.25) is 0 Å². The Hall–Kier alpha value is -0.850. The van der Waals surface area contributed by atoms with E-state index >= 15 is 0 Å². The second-order valence-corrected chi connectivity index (χ2v) is 5.57. The van der Waals surface area contributed by atoms with Gasteiger partial charge in [-0.1, -0.05) is 12.1 Å². The third-order valence-electron chi connectivity index (χ3n) is 2.65. The summed E-state index contributed by atoms with van der Waals surface area (Å²) in [5, 5.41) is 2.96. The molecule has 1 aromatic rings. The third-order valence-corrected chi connectivity index (χ3v) is 3.30. The summed E-state index contributed by atoms with van der Waals surface area (Å²) in [6.07, 6.45) is -1.39. The standard InChI is InChI=1S/C12H17F2NO2S/c1-12(2,9-3-5-10(13)6-4-9)15-7-11(14)8-18(16)17/h3-6,11,15H,7-8H2,1-2H3,(H,16,17). The molecule has 0 aliphatic rings. The molecule has 0 aromatic heterocycles. The zero-order chi connectivity index (χ0) is 13.8. The van der Waals surface area contributed by atoms with Crippen LogP contribution in [0.2, 0.25) is 0 Å². The van der Waals surface area contributed by atoms with Gasteiger partial charge in [-0.25, -0.2) is 13.0 Å². The van der Waals surface area contributed by atoms with E-state index in [0.29, 0.717) is 0 Å². The molecular formula is C12H17F2NO2S. The second-order valence-electron chi connectivity index (χ2n) is 4.60. The van der Waals surface area contributed by atoms with Gasteiger partial charge in [0.25, 0.3) is 0 Å². The molecule has 0 saturated heterocycles. The second kappa shape index (κ2) is 6.36. The Morgan fingerprint density at radius 2 is 1.94 bits per heavy atom. The van der Waals surface area contributed by atoms with Gasteiger partial charge in [0.05, 0.1) is 5.75 Å². The Bertz CT molecular complexity index is 409. The van der Waals surface area contributed by atoms with Crippen molar-refractivity contribution in [2.24, 2.45) is 0 Å². The van der Waals surface area contributed by atoms with Crippen molar-refractivity contribution in [1.29, 1.82) is 0 Å². The minimum Gasteiger partial charge on any atom is -0.306 e. The summed E-state index contributed by atoms with van der Waals surface area (Å²) in [7, 11) is 0. The molecule has 0 fully saturated rings. The predicted octanol–water partition coefficient (Wildman–Crippen LogP) is 2.21. The van der Waals surface area contributed by atoms with Crippen molar-refractivity contribution in [1.82, 2.24) is 5.32 Å². The predicted molar refractivity (Wildman–Crippen MR) is 68.0 cm³/mol. The number of halogens is 2. The van der Waals surface area contributed by atoms with E-state index in [0.717, 1.165) is 5.56 Å². The highest BCUT2D eigenvalue weighted by molar-refractivity contribution is 7.79. The molecule has 0 radical (unpaired) electrons. The number of rotatable bonds is 6. The van der Waals surface area contributed by atoms with Crippen molar-refractivity contribution in [3.05, 3.63) is 35.6 Å². The molecule has 0 spiro atoms. The van der Waals surface area contributed by atoms with E-state index in [1.807, 2.05) is 13.8 Å². The van der Waals surface area contributed by atoms with Crippen LogP contribution >= 0.6 is 0 Å². The quantitative estimate of drug-likeness (QED) is 0.784. The Morgan fingerprint density at radius 3 is 2.44 bits per heavy atom. The number of hydrogen-bond acceptors (Lipinski definition) is 2. The summed E-state index contributed by atoms with van der Waals surface area (Å²) < 4.78 is 45.1. The van der Waals surface area contributed by atoms with Gasteiger partial charge in [-0.2, -0.15) is 0 Å². The van der Waals surface area contributed by atoms with Gasteiger partial charge in [0.15, 0.2) is 11.1 Å². The lowest BCUT2D eigenvalue weighted by atomic mass is 9.94. The first kappa shape index (κ1) is 15.2. The number of benzene rings is 1. The lowest BCUT2D eigenvalue weighted by Gasteiger charge is -2.27. The summed E-state index contributed by atoms with van der Waals surface area (Å²) in [4.78, 5) is 0. The molecule has 1 rings (SSSR count). The van der Waals surface area contributed by atoms with Gasteiger partial charge in [0.2, 0.25) is 0 Å². The summed E-state index contributed by atoms with van der Waals surface area (Å²) in [5.41, 5.74) is 0.288. The van der Waals surface area contributed by atoms with Crippen LogP contribution in [0.5, 0.6) is 0 Å². The smallest absolute Gasteiger partial charge is 0.155 e. The molecular weight excluding hydrogens is 260 g/mol. The van der Waals surface area contributed by atoms with Crippen LogP contribution in [0.15, 0.2) is 24.3 Å². The summed E-state index contributed by atoms with van der Waals surface area (Å²) in [6, 6.07) is 5.93. The van der Waals surface area contributed by atoms with Crippen molar-refractivity contribution in [2.75, 3.05) is 12.3 Å². The normalized spacial score (nSPS) is 15.4.